The van der Waals surface area contributed by atoms with Gasteiger partial charge in [0, 0.05) is 16.7 Å². The maximum atomic E-state index is 5.98. The minimum atomic E-state index is 0.345. The third-order valence-electron chi connectivity index (χ3n) is 5.14. The third kappa shape index (κ3) is 3.86. The molecule has 0 aliphatic heterocycles. The highest BCUT2D eigenvalue weighted by Crippen LogP contribution is 2.35. The Kier molecular flexibility index (Phi) is 5.12. The molecule has 0 fully saturated rings. The molecule has 12 heteroatoms. The number of aromatic nitrogens is 6. The molecule has 0 atom stereocenters. The molecule has 7 aromatic rings. The van der Waals surface area contributed by atoms with Crippen molar-refractivity contribution < 1.29 is 13.3 Å². The van der Waals surface area contributed by atoms with Gasteiger partial charge in [-0.2, -0.15) is 0 Å². The summed E-state index contributed by atoms with van der Waals surface area (Å²) >= 11 is 4.58. The Hall–Kier alpha value is -4.26. The zero-order valence-electron chi connectivity index (χ0n) is 18.1. The van der Waals surface area contributed by atoms with Gasteiger partial charge in [-0.3, -0.25) is 0 Å². The molecule has 6 aromatic heterocycles. The summed E-state index contributed by atoms with van der Waals surface area (Å²) in [7, 11) is 0. The summed E-state index contributed by atoms with van der Waals surface area (Å²) in [6.07, 6.45) is 0. The first-order valence-corrected chi connectivity index (χ1v) is 13.2. The van der Waals surface area contributed by atoms with Crippen molar-refractivity contribution in [3.63, 3.8) is 0 Å². The van der Waals surface area contributed by atoms with Gasteiger partial charge in [0.15, 0.2) is 0 Å². The standard InChI is InChI=1S/C24H12N6O3S3/c1-4-16(34-7-1)22-28-25-19(31-22)13-10-14(20-26-29-23(32-20)17-5-2-8-35-17)12-15(11-13)21-27-30-24(33-21)18-6-3-9-36-18/h1-12H. The molecule has 9 nitrogen and oxygen atoms in total. The quantitative estimate of drug-likeness (QED) is 0.224. The van der Waals surface area contributed by atoms with Crippen molar-refractivity contribution in [2.45, 2.75) is 0 Å². The highest BCUT2D eigenvalue weighted by molar-refractivity contribution is 7.14. The lowest BCUT2D eigenvalue weighted by molar-refractivity contribution is 0.582. The molecule has 0 aliphatic rings. The number of hydrogen-bond donors (Lipinski definition) is 0. The van der Waals surface area contributed by atoms with Gasteiger partial charge in [0.05, 0.1) is 14.6 Å². The third-order valence-corrected chi connectivity index (χ3v) is 7.72. The van der Waals surface area contributed by atoms with E-state index in [2.05, 4.69) is 30.6 Å². The Morgan fingerprint density at radius 2 is 0.722 bits per heavy atom. The van der Waals surface area contributed by atoms with Gasteiger partial charge in [0.25, 0.3) is 17.7 Å². The fourth-order valence-electron chi connectivity index (χ4n) is 3.52. The SMILES string of the molecule is c1csc(-c2nnc(-c3cc(-c4nnc(-c5cccs5)o4)cc(-c4nnc(-c5cccs5)o4)c3)o2)c1. The molecule has 0 bridgehead atoms. The molecular formula is C24H12N6O3S3. The highest BCUT2D eigenvalue weighted by atomic mass is 32.1. The summed E-state index contributed by atoms with van der Waals surface area (Å²) in [6, 6.07) is 17.2. The topological polar surface area (TPSA) is 117 Å². The number of hydrogen-bond acceptors (Lipinski definition) is 12. The molecule has 0 aliphatic carbocycles. The molecule has 0 unspecified atom stereocenters. The molecule has 0 N–H and O–H groups in total. The molecule has 6 heterocycles. The second-order valence-electron chi connectivity index (χ2n) is 7.47. The minimum Gasteiger partial charge on any atom is -0.415 e. The maximum absolute atomic E-state index is 5.98. The van der Waals surface area contributed by atoms with Crippen LogP contribution in [0.2, 0.25) is 0 Å². The Balaban J connectivity index is 1.34. The first kappa shape index (κ1) is 21.1. The molecular weight excluding hydrogens is 517 g/mol. The van der Waals surface area contributed by atoms with Crippen LogP contribution in [0, 0.1) is 0 Å². The lowest BCUT2D eigenvalue weighted by Gasteiger charge is -2.03. The molecule has 7 rings (SSSR count). The zero-order chi connectivity index (χ0) is 23.9. The molecule has 0 amide bonds. The normalized spacial score (nSPS) is 11.3. The van der Waals surface area contributed by atoms with Gasteiger partial charge in [-0.05, 0) is 52.5 Å². The van der Waals surface area contributed by atoms with Crippen LogP contribution < -0.4 is 0 Å². The van der Waals surface area contributed by atoms with E-state index in [0.717, 1.165) is 14.6 Å². The van der Waals surface area contributed by atoms with E-state index in [1.165, 1.54) is 34.0 Å². The van der Waals surface area contributed by atoms with E-state index in [-0.39, 0.29) is 0 Å². The lowest BCUT2D eigenvalue weighted by atomic mass is 10.1. The molecule has 36 heavy (non-hydrogen) atoms. The van der Waals surface area contributed by atoms with E-state index in [4.69, 9.17) is 13.3 Å². The smallest absolute Gasteiger partial charge is 0.258 e. The van der Waals surface area contributed by atoms with Crippen molar-refractivity contribution in [3.05, 3.63) is 70.7 Å². The zero-order valence-corrected chi connectivity index (χ0v) is 20.5. The Morgan fingerprint density at radius 1 is 0.417 bits per heavy atom. The van der Waals surface area contributed by atoms with E-state index in [1.54, 1.807) is 0 Å². The second-order valence-corrected chi connectivity index (χ2v) is 10.3. The summed E-state index contributed by atoms with van der Waals surface area (Å²) < 4.78 is 17.9. The summed E-state index contributed by atoms with van der Waals surface area (Å²) in [5.74, 6) is 2.37. The fourth-order valence-corrected chi connectivity index (χ4v) is 5.45. The first-order valence-electron chi connectivity index (χ1n) is 10.6. The average Bonchev–Trinajstić information content (AvgIpc) is 3.77. The summed E-state index contributed by atoms with van der Waals surface area (Å²) in [4.78, 5) is 2.67. The van der Waals surface area contributed by atoms with Gasteiger partial charge in [0.2, 0.25) is 17.7 Å². The lowest BCUT2D eigenvalue weighted by Crippen LogP contribution is -1.87. The highest BCUT2D eigenvalue weighted by Gasteiger charge is 2.20. The van der Waals surface area contributed by atoms with Crippen LogP contribution in [0.4, 0.5) is 0 Å². The number of benzene rings is 1. The number of rotatable bonds is 6. The van der Waals surface area contributed by atoms with Crippen molar-refractivity contribution in [1.29, 1.82) is 0 Å². The Morgan fingerprint density at radius 3 is 1.00 bits per heavy atom. The van der Waals surface area contributed by atoms with E-state index in [1.807, 2.05) is 70.7 Å². The van der Waals surface area contributed by atoms with Gasteiger partial charge < -0.3 is 13.3 Å². The van der Waals surface area contributed by atoms with Crippen LogP contribution in [-0.2, 0) is 0 Å². The van der Waals surface area contributed by atoms with E-state index >= 15 is 0 Å². The largest absolute Gasteiger partial charge is 0.415 e. The van der Waals surface area contributed by atoms with Crippen LogP contribution in [0.1, 0.15) is 0 Å². The summed E-state index contributed by atoms with van der Waals surface area (Å²) in [5, 5.41) is 31.3. The van der Waals surface area contributed by atoms with Crippen LogP contribution in [0.15, 0.2) is 84.0 Å². The van der Waals surface area contributed by atoms with Crippen molar-refractivity contribution >= 4 is 34.0 Å². The van der Waals surface area contributed by atoms with Gasteiger partial charge >= 0.3 is 0 Å². The second kappa shape index (κ2) is 8.75. The molecule has 0 spiro atoms. The van der Waals surface area contributed by atoms with E-state index in [0.29, 0.717) is 52.0 Å². The predicted molar refractivity (Wildman–Crippen MR) is 136 cm³/mol. The van der Waals surface area contributed by atoms with Crippen LogP contribution in [0.25, 0.3) is 66.7 Å². The van der Waals surface area contributed by atoms with Gasteiger partial charge in [-0.15, -0.1) is 64.6 Å². The molecule has 0 saturated carbocycles. The summed E-state index contributed by atoms with van der Waals surface area (Å²) in [6.45, 7) is 0. The van der Waals surface area contributed by atoms with Gasteiger partial charge in [-0.25, -0.2) is 0 Å². The van der Waals surface area contributed by atoms with Crippen LogP contribution >= 0.6 is 34.0 Å². The first-order chi connectivity index (χ1) is 17.8. The maximum Gasteiger partial charge on any atom is 0.258 e. The van der Waals surface area contributed by atoms with Gasteiger partial charge in [0.1, 0.15) is 0 Å². The van der Waals surface area contributed by atoms with Crippen molar-refractivity contribution in [2.75, 3.05) is 0 Å². The Labute approximate surface area is 214 Å². The molecule has 174 valence electrons. The fraction of sp³-hybridized carbons (Fsp3) is 0. The van der Waals surface area contributed by atoms with E-state index in [9.17, 15) is 0 Å². The average molecular weight is 529 g/mol. The van der Waals surface area contributed by atoms with Crippen molar-refractivity contribution in [1.82, 2.24) is 30.6 Å². The van der Waals surface area contributed by atoms with Crippen LogP contribution in [0.3, 0.4) is 0 Å². The van der Waals surface area contributed by atoms with Gasteiger partial charge in [-0.1, -0.05) is 18.2 Å². The number of nitrogens with zero attached hydrogens (tertiary/aromatic N) is 6. The van der Waals surface area contributed by atoms with Crippen LogP contribution in [-0.4, -0.2) is 30.6 Å². The monoisotopic (exact) mass is 528 g/mol. The van der Waals surface area contributed by atoms with Crippen LogP contribution in [0.5, 0.6) is 0 Å². The molecule has 0 saturated heterocycles. The number of thiophene rings is 3. The van der Waals surface area contributed by atoms with E-state index < -0.39 is 0 Å². The summed E-state index contributed by atoms with van der Waals surface area (Å²) in [5.41, 5.74) is 1.97. The van der Waals surface area contributed by atoms with Crippen molar-refractivity contribution in [2.24, 2.45) is 0 Å². The molecule has 1 aromatic carbocycles. The molecule has 0 radical (unpaired) electrons. The predicted octanol–water partition coefficient (Wildman–Crippen LogP) is 7.02. The van der Waals surface area contributed by atoms with Crippen molar-refractivity contribution in [3.8, 4) is 66.7 Å². The minimum absolute atomic E-state index is 0.345. The Bertz CT molecular complexity index is 1530.